The maximum Gasteiger partial charge on any atom is 0.265 e. The molecule has 1 aliphatic rings. The van der Waals surface area contributed by atoms with E-state index >= 15 is 0 Å². The lowest BCUT2D eigenvalue weighted by molar-refractivity contribution is 0.107. The molecule has 3 aromatic rings. The van der Waals surface area contributed by atoms with E-state index in [1.807, 2.05) is 30.8 Å². The fourth-order valence-corrected chi connectivity index (χ4v) is 5.91. The summed E-state index contributed by atoms with van der Waals surface area (Å²) in [6.45, 7) is 5.45. The number of sulfonamides is 1. The van der Waals surface area contributed by atoms with E-state index in [9.17, 15) is 8.42 Å². The van der Waals surface area contributed by atoms with Gasteiger partial charge in [0.2, 0.25) is 0 Å². The Labute approximate surface area is 223 Å². The van der Waals surface area contributed by atoms with Crippen molar-refractivity contribution >= 4 is 33.3 Å². The number of benzene rings is 2. The second-order valence-corrected chi connectivity index (χ2v) is 12.0. The molecule has 2 aromatic carbocycles. The first-order valence-electron chi connectivity index (χ1n) is 12.1. The van der Waals surface area contributed by atoms with Crippen molar-refractivity contribution in [3.8, 4) is 5.75 Å². The van der Waals surface area contributed by atoms with Crippen LogP contribution in [0, 0.1) is 6.92 Å². The van der Waals surface area contributed by atoms with Crippen LogP contribution < -0.4 is 14.4 Å². The summed E-state index contributed by atoms with van der Waals surface area (Å²) in [6, 6.07) is 18.3. The van der Waals surface area contributed by atoms with Crippen molar-refractivity contribution in [3.63, 3.8) is 0 Å². The Balaban J connectivity index is 1.24. The molecule has 0 aliphatic carbocycles. The predicted molar refractivity (Wildman–Crippen MR) is 149 cm³/mol. The average Bonchev–Trinajstić information content (AvgIpc) is 3.42. The van der Waals surface area contributed by atoms with Crippen molar-refractivity contribution in [1.82, 2.24) is 10.3 Å². The second kappa shape index (κ2) is 12.4. The SMILES string of the molecule is CC(=NOCCOc1ccc(CC2CNCS2)cc1)c1ccc(N(C)S(=O)(=O)c2ccc(C)cc2)nc1. The van der Waals surface area contributed by atoms with Crippen molar-refractivity contribution in [1.29, 1.82) is 0 Å². The third kappa shape index (κ3) is 7.24. The maximum absolute atomic E-state index is 12.9. The summed E-state index contributed by atoms with van der Waals surface area (Å²) in [7, 11) is -2.21. The summed E-state index contributed by atoms with van der Waals surface area (Å²) >= 11 is 1.96. The number of hydrogen-bond donors (Lipinski definition) is 1. The zero-order valence-electron chi connectivity index (χ0n) is 21.3. The number of nitrogens with one attached hydrogen (secondary N) is 1. The molecule has 0 radical (unpaired) electrons. The van der Waals surface area contributed by atoms with Crippen LogP contribution in [0.4, 0.5) is 5.82 Å². The van der Waals surface area contributed by atoms with Crippen molar-refractivity contribution in [2.45, 2.75) is 30.4 Å². The highest BCUT2D eigenvalue weighted by atomic mass is 32.2. The molecule has 1 fully saturated rings. The molecule has 0 amide bonds. The number of oxime groups is 1. The van der Waals surface area contributed by atoms with Gasteiger partial charge in [-0.3, -0.25) is 4.31 Å². The lowest BCUT2D eigenvalue weighted by Gasteiger charge is -2.18. The van der Waals surface area contributed by atoms with Crippen LogP contribution in [0.15, 0.2) is 76.9 Å². The first-order chi connectivity index (χ1) is 17.8. The number of ether oxygens (including phenoxy) is 1. The lowest BCUT2D eigenvalue weighted by atomic mass is 10.1. The molecule has 4 rings (SSSR count). The van der Waals surface area contributed by atoms with Crippen LogP contribution in [-0.4, -0.2) is 57.0 Å². The van der Waals surface area contributed by atoms with Crippen molar-refractivity contribution in [2.24, 2.45) is 5.16 Å². The van der Waals surface area contributed by atoms with Crippen LogP contribution in [0.1, 0.15) is 23.6 Å². The number of anilines is 1. The Morgan fingerprint density at radius 1 is 1.11 bits per heavy atom. The van der Waals surface area contributed by atoms with Crippen LogP contribution in [0.3, 0.4) is 0 Å². The fourth-order valence-electron chi connectivity index (χ4n) is 3.74. The van der Waals surface area contributed by atoms with Gasteiger partial charge in [0.25, 0.3) is 10.0 Å². The van der Waals surface area contributed by atoms with Gasteiger partial charge in [-0.2, -0.15) is 0 Å². The number of aromatic nitrogens is 1. The van der Waals surface area contributed by atoms with Crippen LogP contribution in [-0.2, 0) is 21.3 Å². The zero-order chi connectivity index (χ0) is 26.3. The van der Waals surface area contributed by atoms with Gasteiger partial charge >= 0.3 is 0 Å². The van der Waals surface area contributed by atoms with Gasteiger partial charge < -0.3 is 14.9 Å². The third-order valence-corrected chi connectivity index (χ3v) is 8.94. The summed E-state index contributed by atoms with van der Waals surface area (Å²) in [5.74, 6) is 2.15. The molecular weight excluding hydrogens is 508 g/mol. The van der Waals surface area contributed by atoms with E-state index < -0.39 is 10.0 Å². The van der Waals surface area contributed by atoms with Gasteiger partial charge in [0, 0.05) is 36.5 Å². The number of nitrogens with zero attached hydrogens (tertiary/aromatic N) is 3. The summed E-state index contributed by atoms with van der Waals surface area (Å²) in [6.07, 6.45) is 2.64. The molecule has 1 N–H and O–H groups in total. The van der Waals surface area contributed by atoms with Gasteiger partial charge in [-0.15, -0.1) is 11.8 Å². The van der Waals surface area contributed by atoms with E-state index in [1.54, 1.807) is 49.5 Å². The molecule has 1 aromatic heterocycles. The van der Waals surface area contributed by atoms with Crippen LogP contribution in [0.2, 0.25) is 0 Å². The van der Waals surface area contributed by atoms with Gasteiger partial charge in [0.1, 0.15) is 18.2 Å². The molecular formula is C27H32N4O4S2. The molecule has 1 aliphatic heterocycles. The number of pyridine rings is 1. The van der Waals surface area contributed by atoms with E-state index in [0.29, 0.717) is 30.0 Å². The monoisotopic (exact) mass is 540 g/mol. The highest BCUT2D eigenvalue weighted by molar-refractivity contribution is 8.00. The molecule has 196 valence electrons. The first kappa shape index (κ1) is 27.0. The smallest absolute Gasteiger partial charge is 0.265 e. The first-order valence-corrected chi connectivity index (χ1v) is 14.5. The van der Waals surface area contributed by atoms with Gasteiger partial charge in [-0.25, -0.2) is 13.4 Å². The molecule has 0 spiro atoms. The standard InChI is InChI=1S/C27H32N4O4S2/c1-20-4-11-26(12-5-20)37(32,33)31(3)27-13-8-23(17-29-27)21(2)30-35-15-14-34-24-9-6-22(7-10-24)16-25-18-28-19-36-25/h4-13,17,25,28H,14-16,18-19H2,1-3H3. The normalized spacial score (nSPS) is 16.0. The van der Waals surface area contributed by atoms with Gasteiger partial charge in [0.15, 0.2) is 6.61 Å². The Kier molecular flexibility index (Phi) is 9.07. The number of aryl methyl sites for hydroxylation is 1. The minimum atomic E-state index is -3.69. The number of rotatable bonds is 11. The Morgan fingerprint density at radius 2 is 1.86 bits per heavy atom. The maximum atomic E-state index is 12.9. The molecule has 37 heavy (non-hydrogen) atoms. The summed E-state index contributed by atoms with van der Waals surface area (Å²) in [5.41, 5.74) is 3.67. The van der Waals surface area contributed by atoms with E-state index in [-0.39, 0.29) is 4.90 Å². The Bertz CT molecular complexity index is 1290. The van der Waals surface area contributed by atoms with E-state index in [1.165, 1.54) is 16.9 Å². The minimum Gasteiger partial charge on any atom is -0.490 e. The molecule has 1 saturated heterocycles. The Morgan fingerprint density at radius 3 is 2.51 bits per heavy atom. The topological polar surface area (TPSA) is 93.1 Å². The van der Waals surface area contributed by atoms with Gasteiger partial charge in [-0.05, 0) is 62.2 Å². The van der Waals surface area contributed by atoms with E-state index in [2.05, 4.69) is 27.6 Å². The highest BCUT2D eigenvalue weighted by Gasteiger charge is 2.22. The molecule has 8 nitrogen and oxygen atoms in total. The van der Waals surface area contributed by atoms with Crippen LogP contribution >= 0.6 is 11.8 Å². The van der Waals surface area contributed by atoms with Crippen LogP contribution in [0.5, 0.6) is 5.75 Å². The minimum absolute atomic E-state index is 0.219. The summed E-state index contributed by atoms with van der Waals surface area (Å²) in [5, 5.41) is 8.14. The van der Waals surface area contributed by atoms with Crippen molar-refractivity contribution in [3.05, 3.63) is 83.6 Å². The molecule has 1 unspecified atom stereocenters. The van der Waals surface area contributed by atoms with Crippen molar-refractivity contribution < 1.29 is 18.0 Å². The number of thioether (sulfide) groups is 1. The molecule has 0 bridgehead atoms. The van der Waals surface area contributed by atoms with Crippen LogP contribution in [0.25, 0.3) is 0 Å². The highest BCUT2D eigenvalue weighted by Crippen LogP contribution is 2.22. The fraction of sp³-hybridized carbons (Fsp3) is 0.333. The van der Waals surface area contributed by atoms with Gasteiger partial charge in [0.05, 0.1) is 10.6 Å². The Hall–Kier alpha value is -3.08. The summed E-state index contributed by atoms with van der Waals surface area (Å²) in [4.78, 5) is 9.93. The van der Waals surface area contributed by atoms with E-state index in [4.69, 9.17) is 9.57 Å². The van der Waals surface area contributed by atoms with E-state index in [0.717, 1.165) is 35.7 Å². The second-order valence-electron chi connectivity index (χ2n) is 8.78. The molecule has 10 heteroatoms. The molecule has 1 atom stereocenters. The zero-order valence-corrected chi connectivity index (χ0v) is 22.9. The van der Waals surface area contributed by atoms with Gasteiger partial charge in [-0.1, -0.05) is 35.0 Å². The predicted octanol–water partition coefficient (Wildman–Crippen LogP) is 4.24. The van der Waals surface area contributed by atoms with Crippen molar-refractivity contribution in [2.75, 3.05) is 37.0 Å². The summed E-state index contributed by atoms with van der Waals surface area (Å²) < 4.78 is 32.7. The largest absolute Gasteiger partial charge is 0.490 e. The quantitative estimate of drug-likeness (QED) is 0.221. The molecule has 2 heterocycles. The molecule has 0 saturated carbocycles. The number of hydrogen-bond acceptors (Lipinski definition) is 8. The third-order valence-electron chi connectivity index (χ3n) is 5.99. The lowest BCUT2D eigenvalue weighted by Crippen LogP contribution is -2.27. The average molecular weight is 541 g/mol.